The molecule has 0 unspecified atom stereocenters. The van der Waals surface area contributed by atoms with E-state index >= 15 is 0 Å². The molecule has 1 aromatic carbocycles. The van der Waals surface area contributed by atoms with E-state index in [0.717, 1.165) is 64.5 Å². The molecular weight excluding hydrogens is 352 g/mol. The first-order chi connectivity index (χ1) is 13.0. The Kier molecular flexibility index (Phi) is 6.65. The lowest BCUT2D eigenvalue weighted by Gasteiger charge is -2.38. The molecule has 1 aromatic rings. The van der Waals surface area contributed by atoms with Gasteiger partial charge in [0.1, 0.15) is 11.3 Å². The van der Waals surface area contributed by atoms with Gasteiger partial charge >= 0.3 is 0 Å². The maximum Gasteiger partial charge on any atom is 0.260 e. The third kappa shape index (κ3) is 4.58. The summed E-state index contributed by atoms with van der Waals surface area (Å²) < 4.78 is 33.2. The van der Waals surface area contributed by atoms with Crippen LogP contribution in [0.25, 0.3) is 0 Å². The van der Waals surface area contributed by atoms with Gasteiger partial charge < -0.3 is 19.4 Å². The summed E-state index contributed by atoms with van der Waals surface area (Å²) in [4.78, 5) is 19.5. The molecule has 3 rings (SSSR count). The van der Waals surface area contributed by atoms with Gasteiger partial charge in [0.2, 0.25) is 0 Å². The van der Waals surface area contributed by atoms with Crippen LogP contribution in [0.4, 0.5) is 8.78 Å². The largest absolute Gasteiger partial charge is 0.496 e. The van der Waals surface area contributed by atoms with Crippen molar-refractivity contribution in [3.05, 3.63) is 29.3 Å². The molecule has 2 aliphatic heterocycles. The first-order valence-electron chi connectivity index (χ1n) is 9.75. The molecule has 0 bridgehead atoms. The highest BCUT2D eigenvalue weighted by atomic mass is 19.2. The van der Waals surface area contributed by atoms with Crippen molar-refractivity contribution in [3.8, 4) is 5.75 Å². The summed E-state index contributed by atoms with van der Waals surface area (Å²) in [6.07, 6.45) is 3.70. The van der Waals surface area contributed by atoms with Crippen molar-refractivity contribution in [2.75, 3.05) is 53.4 Å². The maximum absolute atomic E-state index is 14.4. The van der Waals surface area contributed by atoms with Crippen LogP contribution < -0.4 is 4.74 Å². The van der Waals surface area contributed by atoms with Crippen molar-refractivity contribution >= 4 is 5.91 Å². The number of piperidine rings is 1. The fraction of sp³-hybridized carbons (Fsp3) is 0.650. The number of ether oxygens (including phenoxy) is 1. The molecule has 0 radical (unpaired) electrons. The van der Waals surface area contributed by atoms with E-state index in [0.29, 0.717) is 6.54 Å². The third-order valence-corrected chi connectivity index (χ3v) is 5.75. The van der Waals surface area contributed by atoms with E-state index in [4.69, 9.17) is 4.74 Å². The quantitative estimate of drug-likeness (QED) is 0.786. The molecule has 150 valence electrons. The Labute approximate surface area is 159 Å². The lowest BCUT2D eigenvalue weighted by molar-refractivity contribution is 0.0560. The molecule has 0 saturated carbocycles. The highest BCUT2D eigenvalue weighted by molar-refractivity contribution is 5.97. The van der Waals surface area contributed by atoms with E-state index in [2.05, 4.69) is 16.8 Å². The van der Waals surface area contributed by atoms with Gasteiger partial charge in [0, 0.05) is 45.3 Å². The highest BCUT2D eigenvalue weighted by Crippen LogP contribution is 2.29. The summed E-state index contributed by atoms with van der Waals surface area (Å²) in [5, 5.41) is 0. The number of rotatable bonds is 5. The second kappa shape index (κ2) is 8.97. The van der Waals surface area contributed by atoms with Gasteiger partial charge in [-0.2, -0.15) is 0 Å². The van der Waals surface area contributed by atoms with Gasteiger partial charge in [-0.25, -0.2) is 8.78 Å². The highest BCUT2D eigenvalue weighted by Gasteiger charge is 2.32. The smallest absolute Gasteiger partial charge is 0.260 e. The van der Waals surface area contributed by atoms with E-state index in [1.807, 2.05) is 0 Å². The van der Waals surface area contributed by atoms with Crippen molar-refractivity contribution in [2.24, 2.45) is 0 Å². The standard InChI is InChI=1S/C20H29F2N3O2/c1-23-11-13-24(14-12-23)10-8-15-5-3-4-9-25(15)20(26)18-17(27-2)7-6-16(21)19(18)22/h6-7,15H,3-5,8-14H2,1-2H3/t15-/m1/s1. The SMILES string of the molecule is COc1ccc(F)c(F)c1C(=O)N1CCCC[C@@H]1CCN1CCN(C)CC1. The Hall–Kier alpha value is -1.73. The minimum absolute atomic E-state index is 0.0540. The zero-order valence-corrected chi connectivity index (χ0v) is 16.2. The fourth-order valence-corrected chi connectivity index (χ4v) is 4.02. The van der Waals surface area contributed by atoms with Gasteiger partial charge in [-0.05, 0) is 44.9 Å². The van der Waals surface area contributed by atoms with Crippen LogP contribution in [0.3, 0.4) is 0 Å². The second-order valence-corrected chi connectivity index (χ2v) is 7.52. The number of hydrogen-bond donors (Lipinski definition) is 0. The van der Waals surface area contributed by atoms with Crippen LogP contribution in [-0.4, -0.2) is 80.1 Å². The molecule has 2 fully saturated rings. The molecule has 27 heavy (non-hydrogen) atoms. The summed E-state index contributed by atoms with van der Waals surface area (Å²) in [6, 6.07) is 2.36. The van der Waals surface area contributed by atoms with Gasteiger partial charge in [0.15, 0.2) is 11.6 Å². The number of piperazine rings is 1. The van der Waals surface area contributed by atoms with E-state index in [-0.39, 0.29) is 17.4 Å². The number of carbonyl (C=O) groups excluding carboxylic acids is 1. The average molecular weight is 381 g/mol. The number of nitrogens with zero attached hydrogens (tertiary/aromatic N) is 3. The molecule has 1 atom stereocenters. The van der Waals surface area contributed by atoms with Crippen LogP contribution in [0.2, 0.25) is 0 Å². The number of likely N-dealkylation sites (N-methyl/N-ethyl adjacent to an activating group) is 1. The van der Waals surface area contributed by atoms with Gasteiger partial charge in [-0.3, -0.25) is 4.79 Å². The number of benzene rings is 1. The van der Waals surface area contributed by atoms with Crippen LogP contribution >= 0.6 is 0 Å². The number of methoxy groups -OCH3 is 1. The molecule has 1 amide bonds. The van der Waals surface area contributed by atoms with E-state index in [1.54, 1.807) is 4.90 Å². The minimum atomic E-state index is -1.12. The first kappa shape index (κ1) is 20.0. The summed E-state index contributed by atoms with van der Waals surface area (Å²) in [6.45, 7) is 5.67. The normalized spacial score (nSPS) is 22.1. The van der Waals surface area contributed by atoms with Crippen molar-refractivity contribution < 1.29 is 18.3 Å². The van der Waals surface area contributed by atoms with Crippen LogP contribution in [-0.2, 0) is 0 Å². The molecule has 0 aromatic heterocycles. The van der Waals surface area contributed by atoms with Crippen LogP contribution in [0.1, 0.15) is 36.0 Å². The lowest BCUT2D eigenvalue weighted by atomic mass is 9.97. The number of hydrogen-bond acceptors (Lipinski definition) is 4. The molecule has 5 nitrogen and oxygen atoms in total. The number of carbonyl (C=O) groups is 1. The Morgan fingerprint density at radius 1 is 1.15 bits per heavy atom. The summed E-state index contributed by atoms with van der Waals surface area (Å²) >= 11 is 0. The van der Waals surface area contributed by atoms with Crippen molar-refractivity contribution in [1.82, 2.24) is 14.7 Å². The van der Waals surface area contributed by atoms with E-state index in [9.17, 15) is 13.6 Å². The molecule has 2 heterocycles. The lowest BCUT2D eigenvalue weighted by Crippen LogP contribution is -2.48. The minimum Gasteiger partial charge on any atom is -0.496 e. The fourth-order valence-electron chi connectivity index (χ4n) is 4.02. The second-order valence-electron chi connectivity index (χ2n) is 7.52. The van der Waals surface area contributed by atoms with Crippen LogP contribution in [0, 0.1) is 11.6 Å². The molecular formula is C20H29F2N3O2. The summed E-state index contributed by atoms with van der Waals surface area (Å²) in [7, 11) is 3.49. The Balaban J connectivity index is 1.71. The number of halogens is 2. The predicted molar refractivity (Wildman–Crippen MR) is 100 cm³/mol. The van der Waals surface area contributed by atoms with Gasteiger partial charge in [0.25, 0.3) is 5.91 Å². The molecule has 2 aliphatic rings. The average Bonchev–Trinajstić information content (AvgIpc) is 2.69. The van der Waals surface area contributed by atoms with Crippen LogP contribution in [0.5, 0.6) is 5.75 Å². The first-order valence-corrected chi connectivity index (χ1v) is 9.75. The zero-order chi connectivity index (χ0) is 19.4. The van der Waals surface area contributed by atoms with Gasteiger partial charge in [-0.15, -0.1) is 0 Å². The Morgan fingerprint density at radius 2 is 1.89 bits per heavy atom. The molecule has 0 N–H and O–H groups in total. The van der Waals surface area contributed by atoms with Gasteiger partial charge in [-0.1, -0.05) is 0 Å². The van der Waals surface area contributed by atoms with Crippen molar-refractivity contribution in [1.29, 1.82) is 0 Å². The topological polar surface area (TPSA) is 36.0 Å². The number of amides is 1. The zero-order valence-electron chi connectivity index (χ0n) is 16.2. The molecule has 0 spiro atoms. The number of likely N-dealkylation sites (tertiary alicyclic amines) is 1. The predicted octanol–water partition coefficient (Wildman–Crippen LogP) is 2.61. The molecule has 7 heteroatoms. The van der Waals surface area contributed by atoms with Crippen molar-refractivity contribution in [3.63, 3.8) is 0 Å². The van der Waals surface area contributed by atoms with E-state index < -0.39 is 17.5 Å². The Morgan fingerprint density at radius 3 is 2.59 bits per heavy atom. The van der Waals surface area contributed by atoms with Crippen molar-refractivity contribution in [2.45, 2.75) is 31.7 Å². The monoisotopic (exact) mass is 381 g/mol. The van der Waals surface area contributed by atoms with Gasteiger partial charge in [0.05, 0.1) is 7.11 Å². The van der Waals surface area contributed by atoms with E-state index in [1.165, 1.54) is 13.2 Å². The maximum atomic E-state index is 14.4. The molecule has 2 saturated heterocycles. The summed E-state index contributed by atoms with van der Waals surface area (Å²) in [5.74, 6) is -2.53. The van der Waals surface area contributed by atoms with Crippen LogP contribution in [0.15, 0.2) is 12.1 Å². The third-order valence-electron chi connectivity index (χ3n) is 5.75. The Bertz CT molecular complexity index is 663. The molecule has 0 aliphatic carbocycles. The summed E-state index contributed by atoms with van der Waals surface area (Å²) in [5.41, 5.74) is -0.288.